The molecule has 122 valence electrons. The molecular weight excluding hydrogens is 276 g/mol. The molecule has 2 saturated heterocycles. The maximum atomic E-state index is 10.7. The van der Waals surface area contributed by atoms with Gasteiger partial charge in [-0.25, -0.2) is 0 Å². The highest BCUT2D eigenvalue weighted by molar-refractivity contribution is 5.22. The minimum absolute atomic E-state index is 0.164. The van der Waals surface area contributed by atoms with Crippen LogP contribution >= 0.6 is 0 Å². The SMILES string of the molecule is CN1CCC(N2CC[C@@](C)(O)[C@H](Oc3ccccc3)C2)CC1. The molecule has 1 aromatic carbocycles. The fraction of sp³-hybridized carbons (Fsp3) is 0.667. The van der Waals surface area contributed by atoms with Crippen LogP contribution in [0.3, 0.4) is 0 Å². The predicted molar refractivity (Wildman–Crippen MR) is 88.2 cm³/mol. The smallest absolute Gasteiger partial charge is 0.140 e. The minimum atomic E-state index is -0.752. The zero-order valence-electron chi connectivity index (χ0n) is 13.7. The van der Waals surface area contributed by atoms with Crippen LogP contribution in [-0.4, -0.2) is 65.9 Å². The minimum Gasteiger partial charge on any atom is -0.486 e. The lowest BCUT2D eigenvalue weighted by atomic mass is 9.88. The monoisotopic (exact) mass is 304 g/mol. The molecule has 3 rings (SSSR count). The molecule has 0 amide bonds. The lowest BCUT2D eigenvalue weighted by Gasteiger charge is -2.46. The van der Waals surface area contributed by atoms with Gasteiger partial charge < -0.3 is 14.7 Å². The molecule has 0 bridgehead atoms. The van der Waals surface area contributed by atoms with Gasteiger partial charge in [0.15, 0.2) is 0 Å². The fourth-order valence-corrected chi connectivity index (χ4v) is 3.55. The van der Waals surface area contributed by atoms with Crippen LogP contribution in [0.25, 0.3) is 0 Å². The van der Waals surface area contributed by atoms with Gasteiger partial charge in [-0.05, 0) is 58.5 Å². The molecule has 2 heterocycles. The van der Waals surface area contributed by atoms with E-state index in [9.17, 15) is 5.11 Å². The normalized spacial score (nSPS) is 32.0. The molecule has 0 saturated carbocycles. The number of ether oxygens (including phenoxy) is 1. The molecule has 4 heteroatoms. The third-order valence-electron chi connectivity index (χ3n) is 5.23. The molecule has 4 nitrogen and oxygen atoms in total. The number of para-hydroxylation sites is 1. The molecule has 0 aliphatic carbocycles. The molecule has 1 aromatic rings. The van der Waals surface area contributed by atoms with Crippen LogP contribution in [0.4, 0.5) is 0 Å². The Bertz CT molecular complexity index is 469. The largest absolute Gasteiger partial charge is 0.486 e. The fourth-order valence-electron chi connectivity index (χ4n) is 3.55. The Morgan fingerprint density at radius 1 is 1.14 bits per heavy atom. The van der Waals surface area contributed by atoms with Gasteiger partial charge in [0.25, 0.3) is 0 Å². The molecule has 0 aromatic heterocycles. The first-order valence-electron chi connectivity index (χ1n) is 8.41. The summed E-state index contributed by atoms with van der Waals surface area (Å²) in [6.45, 7) is 6.03. The maximum Gasteiger partial charge on any atom is 0.140 e. The second-order valence-electron chi connectivity index (χ2n) is 7.06. The molecule has 1 N–H and O–H groups in total. The van der Waals surface area contributed by atoms with E-state index in [4.69, 9.17) is 4.74 Å². The molecule has 0 radical (unpaired) electrons. The van der Waals surface area contributed by atoms with Crippen LogP contribution in [0.1, 0.15) is 26.2 Å². The lowest BCUT2D eigenvalue weighted by Crippen LogP contribution is -2.59. The van der Waals surface area contributed by atoms with Gasteiger partial charge in [-0.2, -0.15) is 0 Å². The molecule has 0 spiro atoms. The van der Waals surface area contributed by atoms with E-state index < -0.39 is 5.60 Å². The van der Waals surface area contributed by atoms with E-state index >= 15 is 0 Å². The van der Waals surface area contributed by atoms with E-state index in [1.54, 1.807) is 0 Å². The van der Waals surface area contributed by atoms with Crippen LogP contribution in [0.2, 0.25) is 0 Å². The number of benzene rings is 1. The van der Waals surface area contributed by atoms with E-state index in [2.05, 4.69) is 16.8 Å². The van der Waals surface area contributed by atoms with Gasteiger partial charge in [0.2, 0.25) is 0 Å². The Morgan fingerprint density at radius 2 is 1.82 bits per heavy atom. The van der Waals surface area contributed by atoms with Crippen LogP contribution in [0.15, 0.2) is 30.3 Å². The van der Waals surface area contributed by atoms with Crippen molar-refractivity contribution in [2.45, 2.75) is 43.9 Å². The van der Waals surface area contributed by atoms with E-state index in [0.29, 0.717) is 6.04 Å². The summed E-state index contributed by atoms with van der Waals surface area (Å²) in [6, 6.07) is 10.5. The van der Waals surface area contributed by atoms with Gasteiger partial charge in [-0.1, -0.05) is 18.2 Å². The average molecular weight is 304 g/mol. The van der Waals surface area contributed by atoms with Gasteiger partial charge >= 0.3 is 0 Å². The Hall–Kier alpha value is -1.10. The van der Waals surface area contributed by atoms with Crippen molar-refractivity contribution in [3.63, 3.8) is 0 Å². The molecule has 2 fully saturated rings. The lowest BCUT2D eigenvalue weighted by molar-refractivity contribution is -0.105. The molecule has 2 aliphatic rings. The van der Waals surface area contributed by atoms with Crippen molar-refractivity contribution in [3.05, 3.63) is 30.3 Å². The first-order chi connectivity index (χ1) is 10.5. The van der Waals surface area contributed by atoms with E-state index in [1.807, 2.05) is 37.3 Å². The summed E-state index contributed by atoms with van der Waals surface area (Å²) in [5.74, 6) is 0.845. The molecular formula is C18H28N2O2. The van der Waals surface area contributed by atoms with Crippen molar-refractivity contribution in [2.75, 3.05) is 33.2 Å². The Kier molecular flexibility index (Phi) is 4.71. The van der Waals surface area contributed by atoms with Gasteiger partial charge in [-0.3, -0.25) is 4.90 Å². The van der Waals surface area contributed by atoms with Gasteiger partial charge in [0, 0.05) is 19.1 Å². The maximum absolute atomic E-state index is 10.7. The average Bonchev–Trinajstić information content (AvgIpc) is 2.51. The summed E-state index contributed by atoms with van der Waals surface area (Å²) in [5, 5.41) is 10.7. The van der Waals surface area contributed by atoms with Crippen LogP contribution in [0.5, 0.6) is 5.75 Å². The van der Waals surface area contributed by atoms with E-state index in [1.165, 1.54) is 25.9 Å². The Morgan fingerprint density at radius 3 is 2.50 bits per heavy atom. The number of hydrogen-bond donors (Lipinski definition) is 1. The van der Waals surface area contributed by atoms with Gasteiger partial charge in [0.05, 0.1) is 0 Å². The Balaban J connectivity index is 1.65. The third kappa shape index (κ3) is 3.62. The molecule has 0 unspecified atom stereocenters. The van der Waals surface area contributed by atoms with E-state index in [0.717, 1.165) is 25.3 Å². The predicted octanol–water partition coefficient (Wildman–Crippen LogP) is 1.98. The molecule has 2 atom stereocenters. The highest BCUT2D eigenvalue weighted by atomic mass is 16.5. The second-order valence-corrected chi connectivity index (χ2v) is 7.06. The third-order valence-corrected chi connectivity index (χ3v) is 5.23. The van der Waals surface area contributed by atoms with Crippen LogP contribution < -0.4 is 4.74 Å². The quantitative estimate of drug-likeness (QED) is 0.926. The summed E-state index contributed by atoms with van der Waals surface area (Å²) in [6.07, 6.45) is 3.05. The second kappa shape index (κ2) is 6.57. The van der Waals surface area contributed by atoms with Crippen molar-refractivity contribution in [2.24, 2.45) is 0 Å². The van der Waals surface area contributed by atoms with E-state index in [-0.39, 0.29) is 6.10 Å². The number of likely N-dealkylation sites (tertiary alicyclic amines) is 2. The summed E-state index contributed by atoms with van der Waals surface area (Å²) >= 11 is 0. The van der Waals surface area contributed by atoms with Crippen molar-refractivity contribution < 1.29 is 9.84 Å². The highest BCUT2D eigenvalue weighted by Gasteiger charge is 2.41. The molecule has 22 heavy (non-hydrogen) atoms. The summed E-state index contributed by atoms with van der Waals surface area (Å²) in [7, 11) is 2.19. The van der Waals surface area contributed by atoms with Crippen molar-refractivity contribution in [1.29, 1.82) is 0 Å². The van der Waals surface area contributed by atoms with Crippen LogP contribution in [-0.2, 0) is 0 Å². The zero-order valence-corrected chi connectivity index (χ0v) is 13.7. The van der Waals surface area contributed by atoms with Gasteiger partial charge in [-0.15, -0.1) is 0 Å². The van der Waals surface area contributed by atoms with Gasteiger partial charge in [0.1, 0.15) is 17.5 Å². The highest BCUT2D eigenvalue weighted by Crippen LogP contribution is 2.29. The van der Waals surface area contributed by atoms with Crippen molar-refractivity contribution in [1.82, 2.24) is 9.80 Å². The number of piperidine rings is 2. The first kappa shape index (κ1) is 15.8. The number of rotatable bonds is 3. The summed E-state index contributed by atoms with van der Waals surface area (Å²) in [5.41, 5.74) is -0.752. The van der Waals surface area contributed by atoms with Crippen molar-refractivity contribution in [3.8, 4) is 5.75 Å². The summed E-state index contributed by atoms with van der Waals surface area (Å²) in [4.78, 5) is 4.92. The van der Waals surface area contributed by atoms with Crippen molar-refractivity contribution >= 4 is 0 Å². The Labute approximate surface area is 133 Å². The topological polar surface area (TPSA) is 35.9 Å². The number of nitrogens with zero attached hydrogens (tertiary/aromatic N) is 2. The first-order valence-corrected chi connectivity index (χ1v) is 8.41. The number of aliphatic hydroxyl groups is 1. The van der Waals surface area contributed by atoms with Crippen LogP contribution in [0, 0.1) is 0 Å². The molecule has 2 aliphatic heterocycles. The zero-order chi connectivity index (χ0) is 15.6. The summed E-state index contributed by atoms with van der Waals surface area (Å²) < 4.78 is 6.11. The standard InChI is InChI=1S/C18H28N2O2/c1-18(21)10-13-20(15-8-11-19(2)12-9-15)14-17(18)22-16-6-4-3-5-7-16/h3-7,15,17,21H,8-14H2,1-2H3/t17-,18-/m1/s1. The number of hydrogen-bond acceptors (Lipinski definition) is 4.